The zero-order valence-electron chi connectivity index (χ0n) is 12.3. The highest BCUT2D eigenvalue weighted by Crippen LogP contribution is 2.22. The summed E-state index contributed by atoms with van der Waals surface area (Å²) in [5.74, 6) is -1.76. The Morgan fingerprint density at radius 2 is 2.00 bits per heavy atom. The Hall–Kier alpha value is -2.68. The van der Waals surface area contributed by atoms with Crippen LogP contribution in [0, 0.1) is 10.1 Å². The fourth-order valence-electron chi connectivity index (χ4n) is 1.45. The Bertz CT molecular complexity index is 647. The van der Waals surface area contributed by atoms with Gasteiger partial charge >= 0.3 is 12.0 Å². The topological polar surface area (TPSA) is 128 Å². The molecule has 0 atom stereocenters. The van der Waals surface area contributed by atoms with E-state index in [1.54, 1.807) is 13.8 Å². The number of ether oxygens (including phenoxy) is 1. The minimum Gasteiger partial charge on any atom is -0.452 e. The van der Waals surface area contributed by atoms with Crippen LogP contribution < -0.4 is 10.6 Å². The van der Waals surface area contributed by atoms with E-state index < -0.39 is 29.4 Å². The molecule has 0 aromatic heterocycles. The molecule has 3 amide bonds. The molecule has 2 N–H and O–H groups in total. The van der Waals surface area contributed by atoms with Crippen LogP contribution in [0.2, 0.25) is 5.02 Å². The Balaban J connectivity index is 2.58. The number of nitrogens with zero attached hydrogens (tertiary/aromatic N) is 1. The Morgan fingerprint density at radius 3 is 2.52 bits per heavy atom. The lowest BCUT2D eigenvalue weighted by molar-refractivity contribution is -0.384. The number of halogens is 1. The van der Waals surface area contributed by atoms with Gasteiger partial charge in [-0.25, -0.2) is 9.59 Å². The number of carbonyl (C=O) groups excluding carboxylic acids is 3. The first-order chi connectivity index (χ1) is 10.7. The summed E-state index contributed by atoms with van der Waals surface area (Å²) in [4.78, 5) is 44.4. The van der Waals surface area contributed by atoms with Crippen molar-refractivity contribution in [2.45, 2.75) is 19.9 Å². The van der Waals surface area contributed by atoms with E-state index in [2.05, 4.69) is 5.32 Å². The number of urea groups is 1. The molecule has 1 rings (SSSR count). The summed E-state index contributed by atoms with van der Waals surface area (Å²) in [5, 5.41) is 14.8. The maximum Gasteiger partial charge on any atom is 0.340 e. The van der Waals surface area contributed by atoms with E-state index in [-0.39, 0.29) is 22.3 Å². The van der Waals surface area contributed by atoms with Gasteiger partial charge in [-0.05, 0) is 19.9 Å². The Kier molecular flexibility index (Phi) is 6.46. The number of imide groups is 1. The molecular formula is C13H14ClN3O6. The number of amides is 3. The van der Waals surface area contributed by atoms with Gasteiger partial charge in [-0.2, -0.15) is 0 Å². The van der Waals surface area contributed by atoms with Crippen LogP contribution in [0.1, 0.15) is 24.2 Å². The van der Waals surface area contributed by atoms with Crippen LogP contribution in [-0.2, 0) is 9.53 Å². The van der Waals surface area contributed by atoms with Crippen molar-refractivity contribution in [1.29, 1.82) is 0 Å². The van der Waals surface area contributed by atoms with Crippen LogP contribution in [0.4, 0.5) is 10.5 Å². The Morgan fingerprint density at radius 1 is 1.35 bits per heavy atom. The molecular weight excluding hydrogens is 330 g/mol. The number of non-ortho nitro benzene ring substituents is 1. The lowest BCUT2D eigenvalue weighted by Gasteiger charge is -2.09. The highest BCUT2D eigenvalue weighted by atomic mass is 35.5. The third kappa shape index (κ3) is 5.91. The molecule has 124 valence electrons. The quantitative estimate of drug-likeness (QED) is 0.475. The van der Waals surface area contributed by atoms with Gasteiger partial charge in [-0.1, -0.05) is 11.6 Å². The molecule has 0 saturated carbocycles. The van der Waals surface area contributed by atoms with Crippen molar-refractivity contribution >= 4 is 35.2 Å². The molecule has 0 aliphatic heterocycles. The summed E-state index contributed by atoms with van der Waals surface area (Å²) >= 11 is 5.76. The van der Waals surface area contributed by atoms with Crippen molar-refractivity contribution in [3.05, 3.63) is 38.9 Å². The van der Waals surface area contributed by atoms with Crippen molar-refractivity contribution in [1.82, 2.24) is 10.6 Å². The average molecular weight is 344 g/mol. The van der Waals surface area contributed by atoms with Gasteiger partial charge in [-0.3, -0.25) is 20.2 Å². The second kappa shape index (κ2) is 8.08. The van der Waals surface area contributed by atoms with E-state index in [1.807, 2.05) is 5.32 Å². The van der Waals surface area contributed by atoms with Crippen LogP contribution in [-0.4, -0.2) is 35.5 Å². The summed E-state index contributed by atoms with van der Waals surface area (Å²) in [5.41, 5.74) is -0.411. The monoisotopic (exact) mass is 343 g/mol. The molecule has 0 fully saturated rings. The fourth-order valence-corrected chi connectivity index (χ4v) is 1.70. The van der Waals surface area contributed by atoms with Crippen LogP contribution in [0.5, 0.6) is 0 Å². The van der Waals surface area contributed by atoms with E-state index in [9.17, 15) is 24.5 Å². The third-order valence-electron chi connectivity index (χ3n) is 2.39. The number of hydrogen-bond donors (Lipinski definition) is 2. The molecule has 1 aromatic carbocycles. The van der Waals surface area contributed by atoms with Crippen LogP contribution >= 0.6 is 11.6 Å². The third-order valence-corrected chi connectivity index (χ3v) is 2.70. The van der Waals surface area contributed by atoms with E-state index >= 15 is 0 Å². The SMILES string of the molecule is CC(C)NC(=O)NC(=O)COC(=O)c1ccc([N+](=O)[O-])cc1Cl. The maximum absolute atomic E-state index is 11.8. The highest BCUT2D eigenvalue weighted by molar-refractivity contribution is 6.33. The molecule has 23 heavy (non-hydrogen) atoms. The molecule has 0 spiro atoms. The average Bonchev–Trinajstić information content (AvgIpc) is 2.43. The van der Waals surface area contributed by atoms with Gasteiger partial charge in [0.2, 0.25) is 0 Å². The van der Waals surface area contributed by atoms with Gasteiger partial charge in [0, 0.05) is 18.2 Å². The van der Waals surface area contributed by atoms with Crippen LogP contribution in [0.25, 0.3) is 0 Å². The molecule has 0 aliphatic rings. The number of esters is 1. The van der Waals surface area contributed by atoms with Crippen LogP contribution in [0.3, 0.4) is 0 Å². The van der Waals surface area contributed by atoms with Crippen molar-refractivity contribution in [2.24, 2.45) is 0 Å². The van der Waals surface area contributed by atoms with Gasteiger partial charge in [0.1, 0.15) is 0 Å². The van der Waals surface area contributed by atoms with Gasteiger partial charge in [0.15, 0.2) is 6.61 Å². The smallest absolute Gasteiger partial charge is 0.340 e. The number of hydrogen-bond acceptors (Lipinski definition) is 6. The van der Waals surface area contributed by atoms with Crippen molar-refractivity contribution in [3.63, 3.8) is 0 Å². The molecule has 0 heterocycles. The van der Waals surface area contributed by atoms with Crippen LogP contribution in [0.15, 0.2) is 18.2 Å². The molecule has 0 bridgehead atoms. The van der Waals surface area contributed by atoms with E-state index in [1.165, 1.54) is 0 Å². The van der Waals surface area contributed by atoms with Crippen molar-refractivity contribution in [3.8, 4) is 0 Å². The zero-order chi connectivity index (χ0) is 17.6. The first-order valence-corrected chi connectivity index (χ1v) is 6.80. The Labute approximate surface area is 136 Å². The first-order valence-electron chi connectivity index (χ1n) is 6.42. The largest absolute Gasteiger partial charge is 0.452 e. The van der Waals surface area contributed by atoms with E-state index in [0.717, 1.165) is 18.2 Å². The molecule has 0 saturated heterocycles. The predicted octanol–water partition coefficient (Wildman–Crippen LogP) is 1.64. The number of nitrogens with one attached hydrogen (secondary N) is 2. The zero-order valence-corrected chi connectivity index (χ0v) is 13.0. The minimum atomic E-state index is -0.940. The number of nitro groups is 1. The summed E-state index contributed by atoms with van der Waals surface area (Å²) in [6.45, 7) is 2.72. The number of nitro benzene ring substituents is 1. The van der Waals surface area contributed by atoms with Crippen molar-refractivity contribution < 1.29 is 24.0 Å². The molecule has 0 radical (unpaired) electrons. The van der Waals surface area contributed by atoms with Crippen molar-refractivity contribution in [2.75, 3.05) is 6.61 Å². The fraction of sp³-hybridized carbons (Fsp3) is 0.308. The number of carbonyl (C=O) groups is 3. The van der Waals surface area contributed by atoms with E-state index in [0.29, 0.717) is 0 Å². The molecule has 1 aromatic rings. The number of rotatable bonds is 5. The predicted molar refractivity (Wildman–Crippen MR) is 80.2 cm³/mol. The summed E-state index contributed by atoms with van der Waals surface area (Å²) in [7, 11) is 0. The second-order valence-electron chi connectivity index (χ2n) is 4.67. The molecule has 0 aliphatic carbocycles. The summed E-state index contributed by atoms with van der Waals surface area (Å²) in [6, 6.07) is 2.32. The highest BCUT2D eigenvalue weighted by Gasteiger charge is 2.18. The van der Waals surface area contributed by atoms with Gasteiger partial charge in [0.05, 0.1) is 15.5 Å². The lowest BCUT2D eigenvalue weighted by atomic mass is 10.2. The van der Waals surface area contributed by atoms with E-state index in [4.69, 9.17) is 16.3 Å². The molecule has 10 heteroatoms. The standard InChI is InChI=1S/C13H14ClN3O6/c1-7(2)15-13(20)16-11(18)6-23-12(19)9-4-3-8(17(21)22)5-10(9)14/h3-5,7H,6H2,1-2H3,(H2,15,16,18,20). The maximum atomic E-state index is 11.8. The number of benzene rings is 1. The minimum absolute atomic E-state index is 0.128. The van der Waals surface area contributed by atoms with Gasteiger partial charge in [0.25, 0.3) is 11.6 Å². The summed E-state index contributed by atoms with van der Waals surface area (Å²) in [6.07, 6.45) is 0. The lowest BCUT2D eigenvalue weighted by Crippen LogP contribution is -2.44. The molecule has 9 nitrogen and oxygen atoms in total. The molecule has 0 unspecified atom stereocenters. The first kappa shape index (κ1) is 18.4. The van der Waals surface area contributed by atoms with Gasteiger partial charge < -0.3 is 10.1 Å². The normalized spacial score (nSPS) is 10.1. The van der Waals surface area contributed by atoms with Gasteiger partial charge in [-0.15, -0.1) is 0 Å². The second-order valence-corrected chi connectivity index (χ2v) is 5.08. The summed E-state index contributed by atoms with van der Waals surface area (Å²) < 4.78 is 4.69.